The van der Waals surface area contributed by atoms with Crippen molar-refractivity contribution < 1.29 is 9.59 Å². The first kappa shape index (κ1) is 13.6. The molecular formula is C14H19N3O2S. The Morgan fingerprint density at radius 1 is 1.45 bits per heavy atom. The SMILES string of the molecule is C[C@@H]1C[C@H]1C(=O)Nc1sc2c(c1C(N)=O)CCN(C)C2. The molecule has 1 aromatic heterocycles. The molecule has 2 aliphatic rings. The predicted octanol–water partition coefficient (Wildman–Crippen LogP) is 1.43. The number of nitrogens with one attached hydrogen (secondary N) is 1. The van der Waals surface area contributed by atoms with Gasteiger partial charge in [0, 0.05) is 23.9 Å². The molecule has 0 radical (unpaired) electrons. The highest BCUT2D eigenvalue weighted by Gasteiger charge is 2.40. The largest absolute Gasteiger partial charge is 0.365 e. The van der Waals surface area contributed by atoms with E-state index >= 15 is 0 Å². The van der Waals surface area contributed by atoms with Crippen molar-refractivity contribution in [3.05, 3.63) is 16.0 Å². The molecule has 1 aliphatic carbocycles. The van der Waals surface area contributed by atoms with E-state index in [4.69, 9.17) is 5.73 Å². The zero-order chi connectivity index (χ0) is 14.4. The van der Waals surface area contributed by atoms with E-state index < -0.39 is 5.91 Å². The number of primary amides is 1. The molecule has 1 aromatic rings. The van der Waals surface area contributed by atoms with E-state index in [9.17, 15) is 9.59 Å². The van der Waals surface area contributed by atoms with Gasteiger partial charge in [-0.1, -0.05) is 6.92 Å². The Bertz CT molecular complexity index is 581. The number of nitrogens with zero attached hydrogens (tertiary/aromatic N) is 1. The summed E-state index contributed by atoms with van der Waals surface area (Å²) in [5, 5.41) is 3.56. The lowest BCUT2D eigenvalue weighted by Gasteiger charge is -2.22. The lowest BCUT2D eigenvalue weighted by Crippen LogP contribution is -2.27. The molecule has 3 N–H and O–H groups in total. The summed E-state index contributed by atoms with van der Waals surface area (Å²) < 4.78 is 0. The predicted molar refractivity (Wildman–Crippen MR) is 78.8 cm³/mol. The van der Waals surface area contributed by atoms with E-state index in [1.54, 1.807) is 0 Å². The van der Waals surface area contributed by atoms with Gasteiger partial charge in [-0.2, -0.15) is 0 Å². The summed E-state index contributed by atoms with van der Waals surface area (Å²) in [5.41, 5.74) is 7.07. The number of rotatable bonds is 3. The first-order valence-corrected chi connectivity index (χ1v) is 7.72. The van der Waals surface area contributed by atoms with E-state index in [-0.39, 0.29) is 11.8 Å². The van der Waals surface area contributed by atoms with Crippen LogP contribution in [0.5, 0.6) is 0 Å². The Balaban J connectivity index is 1.90. The highest BCUT2D eigenvalue weighted by atomic mass is 32.1. The van der Waals surface area contributed by atoms with Gasteiger partial charge in [0.1, 0.15) is 5.00 Å². The Kier molecular flexibility index (Phi) is 3.30. The van der Waals surface area contributed by atoms with Crippen molar-refractivity contribution in [2.75, 3.05) is 18.9 Å². The lowest BCUT2D eigenvalue weighted by atomic mass is 10.0. The number of carbonyl (C=O) groups is 2. The molecule has 0 unspecified atom stereocenters. The molecular weight excluding hydrogens is 274 g/mol. The third kappa shape index (κ3) is 2.33. The molecule has 1 aliphatic heterocycles. The van der Waals surface area contributed by atoms with Gasteiger partial charge in [-0.05, 0) is 31.4 Å². The smallest absolute Gasteiger partial charge is 0.251 e. The van der Waals surface area contributed by atoms with Gasteiger partial charge >= 0.3 is 0 Å². The highest BCUT2D eigenvalue weighted by molar-refractivity contribution is 7.17. The second-order valence-corrected chi connectivity index (χ2v) is 6.97. The van der Waals surface area contributed by atoms with E-state index in [1.165, 1.54) is 11.3 Å². The van der Waals surface area contributed by atoms with Crippen LogP contribution in [-0.4, -0.2) is 30.3 Å². The van der Waals surface area contributed by atoms with Gasteiger partial charge in [0.2, 0.25) is 5.91 Å². The average Bonchev–Trinajstić information content (AvgIpc) is 2.98. The molecule has 0 bridgehead atoms. The van der Waals surface area contributed by atoms with Crippen LogP contribution in [0.3, 0.4) is 0 Å². The number of hydrogen-bond donors (Lipinski definition) is 2. The first-order chi connectivity index (χ1) is 9.47. The molecule has 108 valence electrons. The monoisotopic (exact) mass is 293 g/mol. The normalized spacial score (nSPS) is 25.1. The number of carbonyl (C=O) groups excluding carboxylic acids is 2. The molecule has 1 saturated carbocycles. The van der Waals surface area contributed by atoms with Gasteiger partial charge in [0.05, 0.1) is 5.56 Å². The summed E-state index contributed by atoms with van der Waals surface area (Å²) >= 11 is 1.49. The molecule has 5 nitrogen and oxygen atoms in total. The summed E-state index contributed by atoms with van der Waals surface area (Å²) in [4.78, 5) is 27.2. The quantitative estimate of drug-likeness (QED) is 0.885. The molecule has 2 heterocycles. The van der Waals surface area contributed by atoms with Crippen molar-refractivity contribution in [1.82, 2.24) is 4.90 Å². The number of nitrogens with two attached hydrogens (primary N) is 1. The van der Waals surface area contributed by atoms with Gasteiger partial charge < -0.3 is 16.0 Å². The maximum Gasteiger partial charge on any atom is 0.251 e. The van der Waals surface area contributed by atoms with E-state index in [1.807, 2.05) is 0 Å². The van der Waals surface area contributed by atoms with E-state index in [2.05, 4.69) is 24.2 Å². The lowest BCUT2D eigenvalue weighted by molar-refractivity contribution is -0.117. The molecule has 0 aromatic carbocycles. The zero-order valence-corrected chi connectivity index (χ0v) is 12.5. The molecule has 2 atom stereocenters. The molecule has 6 heteroatoms. The molecule has 3 rings (SSSR count). The van der Waals surface area contributed by atoms with Gasteiger partial charge in [-0.25, -0.2) is 0 Å². The molecule has 0 saturated heterocycles. The minimum Gasteiger partial charge on any atom is -0.365 e. The Morgan fingerprint density at radius 3 is 2.75 bits per heavy atom. The van der Waals surface area contributed by atoms with Crippen LogP contribution in [0.25, 0.3) is 0 Å². The van der Waals surface area contributed by atoms with Crippen molar-refractivity contribution >= 4 is 28.2 Å². The average molecular weight is 293 g/mol. The number of anilines is 1. The molecule has 20 heavy (non-hydrogen) atoms. The summed E-state index contributed by atoms with van der Waals surface area (Å²) in [6.45, 7) is 3.79. The molecule has 2 amide bonds. The van der Waals surface area contributed by atoms with Crippen LogP contribution in [0.4, 0.5) is 5.00 Å². The Morgan fingerprint density at radius 2 is 2.15 bits per heavy atom. The Labute approximate surface area is 122 Å². The van der Waals surface area contributed by atoms with Crippen molar-refractivity contribution in [3.8, 4) is 0 Å². The van der Waals surface area contributed by atoms with Crippen LogP contribution in [0.1, 0.15) is 34.1 Å². The van der Waals surface area contributed by atoms with Crippen molar-refractivity contribution in [3.63, 3.8) is 0 Å². The van der Waals surface area contributed by atoms with Crippen LogP contribution < -0.4 is 11.1 Å². The van der Waals surface area contributed by atoms with Gasteiger partial charge in [0.15, 0.2) is 0 Å². The summed E-state index contributed by atoms with van der Waals surface area (Å²) in [6.07, 6.45) is 1.75. The minimum atomic E-state index is -0.439. The first-order valence-electron chi connectivity index (χ1n) is 6.91. The van der Waals surface area contributed by atoms with Gasteiger partial charge in [-0.15, -0.1) is 11.3 Å². The fourth-order valence-corrected chi connectivity index (χ4v) is 4.11. The zero-order valence-electron chi connectivity index (χ0n) is 11.7. The number of amides is 2. The second kappa shape index (κ2) is 4.86. The van der Waals surface area contributed by atoms with Crippen molar-refractivity contribution in [1.29, 1.82) is 0 Å². The van der Waals surface area contributed by atoms with Crippen LogP contribution in [0, 0.1) is 11.8 Å². The van der Waals surface area contributed by atoms with Crippen LogP contribution in [-0.2, 0) is 17.8 Å². The number of fused-ring (bicyclic) bond motifs is 1. The van der Waals surface area contributed by atoms with Crippen LogP contribution >= 0.6 is 11.3 Å². The van der Waals surface area contributed by atoms with E-state index in [0.29, 0.717) is 16.5 Å². The van der Waals surface area contributed by atoms with Crippen LogP contribution in [0.2, 0.25) is 0 Å². The fourth-order valence-electron chi connectivity index (χ4n) is 2.77. The van der Waals surface area contributed by atoms with Gasteiger partial charge in [0.25, 0.3) is 5.91 Å². The molecule has 1 fully saturated rings. The molecule has 0 spiro atoms. The maximum absolute atomic E-state index is 12.1. The Hall–Kier alpha value is -1.40. The minimum absolute atomic E-state index is 0.0203. The summed E-state index contributed by atoms with van der Waals surface area (Å²) in [6, 6.07) is 0. The number of likely N-dealkylation sites (N-methyl/N-ethyl adjacent to an activating group) is 1. The highest BCUT2D eigenvalue weighted by Crippen LogP contribution is 2.41. The second-order valence-electron chi connectivity index (χ2n) is 5.87. The summed E-state index contributed by atoms with van der Waals surface area (Å²) in [7, 11) is 2.05. The van der Waals surface area contributed by atoms with Crippen LogP contribution in [0.15, 0.2) is 0 Å². The van der Waals surface area contributed by atoms with Crippen molar-refractivity contribution in [2.45, 2.75) is 26.3 Å². The van der Waals surface area contributed by atoms with Gasteiger partial charge in [-0.3, -0.25) is 9.59 Å². The standard InChI is InChI=1S/C14H19N3O2S/c1-7-5-9(7)13(19)16-14-11(12(15)18)8-3-4-17(2)6-10(8)20-14/h7,9H,3-6H2,1-2H3,(H2,15,18)(H,16,19)/t7-,9-/m1/s1. The summed E-state index contributed by atoms with van der Waals surface area (Å²) in [5.74, 6) is 0.128. The number of thiophene rings is 1. The number of hydrogen-bond acceptors (Lipinski definition) is 4. The third-order valence-electron chi connectivity index (χ3n) is 4.18. The van der Waals surface area contributed by atoms with Crippen molar-refractivity contribution in [2.24, 2.45) is 17.6 Å². The fraction of sp³-hybridized carbons (Fsp3) is 0.571. The maximum atomic E-state index is 12.1. The third-order valence-corrected chi connectivity index (χ3v) is 5.31. The van der Waals surface area contributed by atoms with E-state index in [0.717, 1.165) is 36.4 Å². The topological polar surface area (TPSA) is 75.4 Å².